The molecule has 1 N–H and O–H groups in total. The Balaban J connectivity index is 1.38. The lowest BCUT2D eigenvalue weighted by Gasteiger charge is -2.58. The number of anilines is 1. The summed E-state index contributed by atoms with van der Waals surface area (Å²) in [5, 5.41) is 26.9. The molecule has 1 unspecified atom stereocenters. The molecule has 1 saturated carbocycles. The highest BCUT2D eigenvalue weighted by molar-refractivity contribution is 5.69. The quantitative estimate of drug-likeness (QED) is 0.691. The second-order valence-electron chi connectivity index (χ2n) is 8.87. The maximum Gasteiger partial charge on any atom is 0.151 e. The van der Waals surface area contributed by atoms with E-state index in [1.165, 1.54) is 0 Å². The van der Waals surface area contributed by atoms with Crippen LogP contribution in [0.2, 0.25) is 0 Å². The van der Waals surface area contributed by atoms with E-state index in [0.717, 1.165) is 19.4 Å². The zero-order valence-electron chi connectivity index (χ0n) is 17.9. The standard InChI is InChI=1S/C22H26FN7O/c1-22-9-8-14(13-28(22)2)20(21(22)23)29(3)19-7-6-17(25-26-19)16-5-4-15(12-18(16)31)30-11-10-24-27-30/h4-7,10-12,14,20-21,31H,8-9,13H2,1-3H3/t14?,20-,21+,22-/m1/s1. The number of alkyl halides is 1. The highest BCUT2D eigenvalue weighted by atomic mass is 19.1. The molecule has 2 aliphatic heterocycles. The SMILES string of the molecule is CN(c1ccc(-c2ccc(-n3ccnn3)cc2O)nn1)[C@@H]1C2CC[C@](C)([C@H]1F)N(C)C2. The lowest BCUT2D eigenvalue weighted by molar-refractivity contribution is -0.0816. The van der Waals surface area contributed by atoms with Crippen LogP contribution in [0.5, 0.6) is 5.75 Å². The number of aromatic hydroxyl groups is 1. The molecule has 0 spiro atoms. The predicted octanol–water partition coefficient (Wildman–Crippen LogP) is 2.69. The summed E-state index contributed by atoms with van der Waals surface area (Å²) in [5.74, 6) is 0.975. The van der Waals surface area contributed by atoms with E-state index >= 15 is 4.39 Å². The molecule has 2 bridgehead atoms. The van der Waals surface area contributed by atoms with Crippen LogP contribution in [0, 0.1) is 5.92 Å². The average molecular weight is 423 g/mol. The van der Waals surface area contributed by atoms with Crippen molar-refractivity contribution in [2.75, 3.05) is 25.5 Å². The molecule has 3 aliphatic rings. The Kier molecular flexibility index (Phi) is 4.65. The first-order chi connectivity index (χ1) is 14.9. The van der Waals surface area contributed by atoms with Crippen LogP contribution >= 0.6 is 0 Å². The third-order valence-corrected chi connectivity index (χ3v) is 7.18. The van der Waals surface area contributed by atoms with Gasteiger partial charge in [-0.25, -0.2) is 9.07 Å². The van der Waals surface area contributed by atoms with Gasteiger partial charge in [-0.1, -0.05) is 5.21 Å². The number of hydrogen-bond acceptors (Lipinski definition) is 7. The summed E-state index contributed by atoms with van der Waals surface area (Å²) < 4.78 is 17.1. The van der Waals surface area contributed by atoms with Crippen molar-refractivity contribution in [3.63, 3.8) is 0 Å². The van der Waals surface area contributed by atoms with E-state index in [9.17, 15) is 5.11 Å². The molecule has 1 aromatic carbocycles. The number of piperidine rings is 2. The third-order valence-electron chi connectivity index (χ3n) is 7.18. The van der Waals surface area contributed by atoms with E-state index in [1.807, 2.05) is 44.1 Å². The van der Waals surface area contributed by atoms with E-state index in [4.69, 9.17) is 0 Å². The normalized spacial score (nSPS) is 28.1. The number of phenolic OH excluding ortho intramolecular Hbond substituents is 1. The van der Waals surface area contributed by atoms with Crippen LogP contribution in [0.15, 0.2) is 42.7 Å². The van der Waals surface area contributed by atoms with Gasteiger partial charge in [0, 0.05) is 25.2 Å². The van der Waals surface area contributed by atoms with E-state index in [0.29, 0.717) is 22.8 Å². The molecule has 0 radical (unpaired) electrons. The minimum absolute atomic E-state index is 0.0766. The topological polar surface area (TPSA) is 83.2 Å². The number of aromatic nitrogens is 5. The number of nitrogens with zero attached hydrogens (tertiary/aromatic N) is 7. The number of benzene rings is 1. The summed E-state index contributed by atoms with van der Waals surface area (Å²) in [6.45, 7) is 2.91. The second kappa shape index (κ2) is 7.26. The first-order valence-corrected chi connectivity index (χ1v) is 10.5. The van der Waals surface area contributed by atoms with Gasteiger partial charge in [0.15, 0.2) is 5.82 Å². The largest absolute Gasteiger partial charge is 0.507 e. The molecule has 4 heterocycles. The maximum absolute atomic E-state index is 15.5. The number of halogens is 1. The van der Waals surface area contributed by atoms with Gasteiger partial charge in [0.25, 0.3) is 0 Å². The van der Waals surface area contributed by atoms with Gasteiger partial charge < -0.3 is 10.0 Å². The molecule has 3 fully saturated rings. The van der Waals surface area contributed by atoms with E-state index in [2.05, 4.69) is 25.4 Å². The number of fused-ring (bicyclic) bond motifs is 3. The van der Waals surface area contributed by atoms with Crippen LogP contribution < -0.4 is 4.90 Å². The highest BCUT2D eigenvalue weighted by Gasteiger charge is 2.55. The van der Waals surface area contributed by atoms with Gasteiger partial charge in [-0.05, 0) is 57.0 Å². The molecule has 4 atom stereocenters. The molecule has 8 nitrogen and oxygen atoms in total. The van der Waals surface area contributed by atoms with E-state index in [1.54, 1.807) is 29.2 Å². The van der Waals surface area contributed by atoms with Crippen LogP contribution in [0.3, 0.4) is 0 Å². The van der Waals surface area contributed by atoms with Crippen molar-refractivity contribution in [3.05, 3.63) is 42.7 Å². The molecule has 3 aromatic rings. The molecule has 31 heavy (non-hydrogen) atoms. The van der Waals surface area contributed by atoms with Gasteiger partial charge in [-0.15, -0.1) is 15.3 Å². The summed E-state index contributed by atoms with van der Waals surface area (Å²) in [5.41, 5.74) is 1.38. The molecular weight excluding hydrogens is 397 g/mol. The second-order valence-corrected chi connectivity index (χ2v) is 8.87. The molecular formula is C22H26FN7O. The molecule has 1 aliphatic carbocycles. The summed E-state index contributed by atoms with van der Waals surface area (Å²) in [6.07, 6.45) is 4.23. The fourth-order valence-electron chi connectivity index (χ4n) is 5.10. The van der Waals surface area contributed by atoms with Crippen molar-refractivity contribution in [3.8, 4) is 22.7 Å². The van der Waals surface area contributed by atoms with Gasteiger partial charge >= 0.3 is 0 Å². The Bertz CT molecular complexity index is 1070. The van der Waals surface area contributed by atoms with Crippen molar-refractivity contribution >= 4 is 5.82 Å². The Morgan fingerprint density at radius 3 is 2.71 bits per heavy atom. The predicted molar refractivity (Wildman–Crippen MR) is 115 cm³/mol. The minimum atomic E-state index is -0.954. The number of phenols is 1. The highest BCUT2D eigenvalue weighted by Crippen LogP contribution is 2.46. The fourth-order valence-corrected chi connectivity index (χ4v) is 5.10. The molecule has 6 rings (SSSR count). The van der Waals surface area contributed by atoms with Crippen LogP contribution in [0.4, 0.5) is 10.2 Å². The summed E-state index contributed by atoms with van der Waals surface area (Å²) >= 11 is 0. The molecule has 0 amide bonds. The first kappa shape index (κ1) is 19.9. The van der Waals surface area contributed by atoms with Crippen LogP contribution in [0.25, 0.3) is 16.9 Å². The minimum Gasteiger partial charge on any atom is -0.507 e. The Morgan fingerprint density at radius 1 is 1.23 bits per heavy atom. The Morgan fingerprint density at radius 2 is 2.06 bits per heavy atom. The zero-order valence-corrected chi connectivity index (χ0v) is 17.9. The Hall–Kier alpha value is -3.07. The number of rotatable bonds is 4. The summed E-state index contributed by atoms with van der Waals surface area (Å²) in [7, 11) is 3.92. The van der Waals surface area contributed by atoms with Crippen LogP contribution in [-0.2, 0) is 0 Å². The van der Waals surface area contributed by atoms with Crippen LogP contribution in [0.1, 0.15) is 19.8 Å². The Labute approximate surface area is 180 Å². The lowest BCUT2D eigenvalue weighted by Crippen LogP contribution is -2.70. The van der Waals surface area contributed by atoms with Crippen molar-refractivity contribution < 1.29 is 9.50 Å². The van der Waals surface area contributed by atoms with Crippen molar-refractivity contribution in [2.24, 2.45) is 5.92 Å². The van der Waals surface area contributed by atoms with E-state index < -0.39 is 11.7 Å². The van der Waals surface area contributed by atoms with Gasteiger partial charge in [0.2, 0.25) is 0 Å². The average Bonchev–Trinajstić information content (AvgIpc) is 3.30. The monoisotopic (exact) mass is 423 g/mol. The first-order valence-electron chi connectivity index (χ1n) is 10.5. The third kappa shape index (κ3) is 3.15. The molecule has 2 saturated heterocycles. The maximum atomic E-state index is 15.5. The van der Waals surface area contributed by atoms with Crippen LogP contribution in [-0.4, -0.2) is 73.6 Å². The lowest BCUT2D eigenvalue weighted by atomic mass is 9.67. The smallest absolute Gasteiger partial charge is 0.151 e. The van der Waals surface area contributed by atoms with Gasteiger partial charge in [-0.3, -0.25) is 4.90 Å². The van der Waals surface area contributed by atoms with Gasteiger partial charge in [0.05, 0.1) is 35.4 Å². The van der Waals surface area contributed by atoms with Gasteiger partial charge in [-0.2, -0.15) is 0 Å². The summed E-state index contributed by atoms with van der Waals surface area (Å²) in [6, 6.07) is 8.64. The molecule has 2 aromatic heterocycles. The van der Waals surface area contributed by atoms with Crippen molar-refractivity contribution in [1.29, 1.82) is 0 Å². The van der Waals surface area contributed by atoms with Crippen molar-refractivity contribution in [1.82, 2.24) is 30.1 Å². The zero-order chi connectivity index (χ0) is 21.8. The van der Waals surface area contributed by atoms with E-state index in [-0.39, 0.29) is 17.7 Å². The molecule has 162 valence electrons. The van der Waals surface area contributed by atoms with Crippen molar-refractivity contribution in [2.45, 2.75) is 37.5 Å². The van der Waals surface area contributed by atoms with Gasteiger partial charge in [0.1, 0.15) is 11.9 Å². The summed E-state index contributed by atoms with van der Waals surface area (Å²) in [4.78, 5) is 4.10. The number of hydrogen-bond donors (Lipinski definition) is 1. The molecule has 9 heteroatoms. The fraction of sp³-hybridized carbons (Fsp3) is 0.455.